The zero-order chi connectivity index (χ0) is 28.3. The normalized spacial score (nSPS) is 16.3. The minimum absolute atomic E-state index is 0.267. The van der Waals surface area contributed by atoms with Gasteiger partial charge in [0.2, 0.25) is 5.91 Å². The predicted molar refractivity (Wildman–Crippen MR) is 148 cm³/mol. The van der Waals surface area contributed by atoms with E-state index in [1.54, 1.807) is 18.2 Å². The first kappa shape index (κ1) is 27.7. The van der Waals surface area contributed by atoms with Crippen LogP contribution in [0.15, 0.2) is 72.8 Å². The number of unbranched alkanes of at least 4 members (excludes halogenated alkanes) is 1. The summed E-state index contributed by atoms with van der Waals surface area (Å²) in [6, 6.07) is 22.0. The lowest BCUT2D eigenvalue weighted by Crippen LogP contribution is -2.47. The molecule has 1 fully saturated rings. The van der Waals surface area contributed by atoms with E-state index in [1.807, 2.05) is 54.6 Å². The molecule has 3 aromatic carbocycles. The van der Waals surface area contributed by atoms with E-state index in [9.17, 15) is 27.9 Å². The van der Waals surface area contributed by atoms with Crippen molar-refractivity contribution in [1.82, 2.24) is 10.2 Å². The molecule has 5 rings (SSSR count). The molecule has 0 spiro atoms. The summed E-state index contributed by atoms with van der Waals surface area (Å²) in [5, 5.41) is 11.5. The minimum Gasteiger partial charge on any atom is -0.478 e. The number of fused-ring (bicyclic) bond motifs is 3. The van der Waals surface area contributed by atoms with Crippen molar-refractivity contribution in [2.45, 2.75) is 30.9 Å². The number of alkyl halides is 3. The smallest absolute Gasteiger partial charge is 0.405 e. The summed E-state index contributed by atoms with van der Waals surface area (Å²) in [5.41, 5.74) is 3.28. The fourth-order valence-corrected chi connectivity index (χ4v) is 6.08. The standard InChI is InChI=1S/C31H32F3N3O3/c32-31(33,34)21-35-29(40)30(26-12-3-1-10-24(26)25-11-2-4-13-27(25)30)14-5-6-15-36-16-18-37(19-17-36)23-9-7-8-22(20-23)28(38)39/h1-4,7-13,20H,5-6,14-19,21H2,(H,35,40)(H,38,39). The summed E-state index contributed by atoms with van der Waals surface area (Å²) >= 11 is 0. The maximum Gasteiger partial charge on any atom is 0.405 e. The summed E-state index contributed by atoms with van der Waals surface area (Å²) in [6.07, 6.45) is -2.62. The van der Waals surface area contributed by atoms with Crippen molar-refractivity contribution in [3.63, 3.8) is 0 Å². The van der Waals surface area contributed by atoms with Gasteiger partial charge in [0.05, 0.1) is 5.56 Å². The quantitative estimate of drug-likeness (QED) is 0.352. The van der Waals surface area contributed by atoms with Crippen LogP contribution in [0.1, 0.15) is 40.7 Å². The summed E-state index contributed by atoms with van der Waals surface area (Å²) in [5.74, 6) is -1.56. The summed E-state index contributed by atoms with van der Waals surface area (Å²) in [6.45, 7) is 2.63. The van der Waals surface area contributed by atoms with E-state index in [1.165, 1.54) is 0 Å². The number of carbonyl (C=O) groups is 2. The molecule has 0 atom stereocenters. The highest BCUT2D eigenvalue weighted by Gasteiger charge is 2.49. The largest absolute Gasteiger partial charge is 0.478 e. The molecule has 0 bridgehead atoms. The zero-order valence-electron chi connectivity index (χ0n) is 22.1. The zero-order valence-corrected chi connectivity index (χ0v) is 22.1. The van der Waals surface area contributed by atoms with E-state index in [4.69, 9.17) is 0 Å². The summed E-state index contributed by atoms with van der Waals surface area (Å²) < 4.78 is 39.2. The highest BCUT2D eigenvalue weighted by Crippen LogP contribution is 2.51. The van der Waals surface area contributed by atoms with E-state index in [2.05, 4.69) is 15.1 Å². The second kappa shape index (κ2) is 11.3. The molecule has 2 aliphatic rings. The van der Waals surface area contributed by atoms with Gasteiger partial charge in [0.15, 0.2) is 0 Å². The van der Waals surface area contributed by atoms with Crippen molar-refractivity contribution in [3.05, 3.63) is 89.5 Å². The number of aromatic carboxylic acids is 1. The molecule has 0 unspecified atom stereocenters. The Morgan fingerprint density at radius 3 is 2.08 bits per heavy atom. The number of piperazine rings is 1. The van der Waals surface area contributed by atoms with Crippen molar-refractivity contribution in [2.75, 3.05) is 44.2 Å². The van der Waals surface area contributed by atoms with Crippen LogP contribution in [-0.4, -0.2) is 67.3 Å². The van der Waals surface area contributed by atoms with Crippen molar-refractivity contribution < 1.29 is 27.9 Å². The highest BCUT2D eigenvalue weighted by atomic mass is 19.4. The van der Waals surface area contributed by atoms with Crippen molar-refractivity contribution in [1.29, 1.82) is 0 Å². The number of carbonyl (C=O) groups excluding carboxylic acids is 1. The number of halogens is 3. The van der Waals surface area contributed by atoms with E-state index < -0.39 is 30.0 Å². The highest BCUT2D eigenvalue weighted by molar-refractivity contribution is 6.00. The number of hydrogen-bond donors (Lipinski definition) is 2. The number of benzene rings is 3. The first-order valence-electron chi connectivity index (χ1n) is 13.5. The molecule has 3 aromatic rings. The monoisotopic (exact) mass is 551 g/mol. The van der Waals surface area contributed by atoms with Crippen LogP contribution in [0.2, 0.25) is 0 Å². The van der Waals surface area contributed by atoms with Gasteiger partial charge in [-0.25, -0.2) is 4.79 Å². The van der Waals surface area contributed by atoms with Gasteiger partial charge >= 0.3 is 12.1 Å². The van der Waals surface area contributed by atoms with Gasteiger partial charge in [0.25, 0.3) is 0 Å². The number of amides is 1. The lowest BCUT2D eigenvalue weighted by Gasteiger charge is -2.36. The number of rotatable bonds is 9. The molecule has 1 saturated heterocycles. The van der Waals surface area contributed by atoms with E-state index >= 15 is 0 Å². The van der Waals surface area contributed by atoms with Gasteiger partial charge in [0, 0.05) is 31.9 Å². The van der Waals surface area contributed by atoms with Crippen molar-refractivity contribution in [3.8, 4) is 11.1 Å². The van der Waals surface area contributed by atoms with Crippen molar-refractivity contribution in [2.24, 2.45) is 0 Å². The van der Waals surface area contributed by atoms with Gasteiger partial charge < -0.3 is 15.3 Å². The number of carboxylic acids is 1. The fraction of sp³-hybridized carbons (Fsp3) is 0.355. The van der Waals surface area contributed by atoms with Crippen LogP contribution in [0.4, 0.5) is 18.9 Å². The van der Waals surface area contributed by atoms with Crippen LogP contribution >= 0.6 is 0 Å². The maximum absolute atomic E-state index is 13.6. The van der Waals surface area contributed by atoms with Crippen LogP contribution < -0.4 is 10.2 Å². The molecule has 9 heteroatoms. The fourth-order valence-electron chi connectivity index (χ4n) is 6.08. The second-order valence-electron chi connectivity index (χ2n) is 10.4. The molecule has 1 aliphatic heterocycles. The first-order chi connectivity index (χ1) is 19.2. The number of anilines is 1. The molecule has 1 heterocycles. The predicted octanol–water partition coefficient (Wildman–Crippen LogP) is 5.32. The lowest BCUT2D eigenvalue weighted by molar-refractivity contribution is -0.141. The maximum atomic E-state index is 13.6. The molecule has 0 saturated carbocycles. The average Bonchev–Trinajstić information content (AvgIpc) is 3.25. The van der Waals surface area contributed by atoms with E-state index in [0.717, 1.165) is 67.1 Å². The Balaban J connectivity index is 1.25. The summed E-state index contributed by atoms with van der Waals surface area (Å²) in [4.78, 5) is 29.4. The SMILES string of the molecule is O=C(O)c1cccc(N2CCN(CCCCC3(C(=O)NCC(F)(F)F)c4ccccc4-c4ccccc43)CC2)c1. The third kappa shape index (κ3) is 5.56. The average molecular weight is 552 g/mol. The van der Waals surface area contributed by atoms with Gasteiger partial charge in [-0.1, -0.05) is 61.0 Å². The topological polar surface area (TPSA) is 72.9 Å². The van der Waals surface area contributed by atoms with Gasteiger partial charge in [0.1, 0.15) is 12.0 Å². The molecular formula is C31H32F3N3O3. The number of nitrogens with one attached hydrogen (secondary N) is 1. The minimum atomic E-state index is -4.49. The molecule has 210 valence electrons. The number of nitrogens with zero attached hydrogens (tertiary/aromatic N) is 2. The molecule has 1 aliphatic carbocycles. The number of carboxylic acid groups (broad SMARTS) is 1. The Morgan fingerprint density at radius 1 is 0.850 bits per heavy atom. The Labute approximate surface area is 231 Å². The van der Waals surface area contributed by atoms with Gasteiger partial charge in [-0.3, -0.25) is 9.69 Å². The van der Waals surface area contributed by atoms with Crippen LogP contribution in [-0.2, 0) is 10.2 Å². The molecule has 1 amide bonds. The Hall–Kier alpha value is -3.85. The first-order valence-corrected chi connectivity index (χ1v) is 13.5. The van der Waals surface area contributed by atoms with Crippen LogP contribution in [0, 0.1) is 0 Å². The third-order valence-electron chi connectivity index (χ3n) is 8.01. The second-order valence-corrected chi connectivity index (χ2v) is 10.4. The van der Waals surface area contributed by atoms with Crippen LogP contribution in [0.5, 0.6) is 0 Å². The molecular weight excluding hydrogens is 519 g/mol. The van der Waals surface area contributed by atoms with Gasteiger partial charge in [-0.05, 0) is 59.8 Å². The number of hydrogen-bond acceptors (Lipinski definition) is 4. The molecule has 2 N–H and O–H groups in total. The Morgan fingerprint density at radius 2 is 1.48 bits per heavy atom. The Bertz CT molecular complexity index is 1340. The third-order valence-corrected chi connectivity index (χ3v) is 8.01. The van der Waals surface area contributed by atoms with E-state index in [0.29, 0.717) is 12.8 Å². The molecule has 40 heavy (non-hydrogen) atoms. The van der Waals surface area contributed by atoms with Gasteiger partial charge in [-0.15, -0.1) is 0 Å². The summed E-state index contributed by atoms with van der Waals surface area (Å²) in [7, 11) is 0. The lowest BCUT2D eigenvalue weighted by atomic mass is 9.73. The van der Waals surface area contributed by atoms with Crippen LogP contribution in [0.3, 0.4) is 0 Å². The molecule has 0 radical (unpaired) electrons. The van der Waals surface area contributed by atoms with Crippen LogP contribution in [0.25, 0.3) is 11.1 Å². The van der Waals surface area contributed by atoms with Gasteiger partial charge in [-0.2, -0.15) is 13.2 Å². The molecule has 6 nitrogen and oxygen atoms in total. The van der Waals surface area contributed by atoms with Crippen molar-refractivity contribution >= 4 is 17.6 Å². The van der Waals surface area contributed by atoms with E-state index in [-0.39, 0.29) is 5.56 Å². The molecule has 0 aromatic heterocycles. The Kier molecular flexibility index (Phi) is 7.85.